The fourth-order valence-corrected chi connectivity index (χ4v) is 2.33. The van der Waals surface area contributed by atoms with Gasteiger partial charge < -0.3 is 5.32 Å². The van der Waals surface area contributed by atoms with Gasteiger partial charge in [0.15, 0.2) is 0 Å². The average Bonchev–Trinajstić information content (AvgIpc) is 3.11. The van der Waals surface area contributed by atoms with Crippen LogP contribution in [0.4, 0.5) is 10.1 Å². The van der Waals surface area contributed by atoms with Gasteiger partial charge in [0.2, 0.25) is 0 Å². The van der Waals surface area contributed by atoms with E-state index in [2.05, 4.69) is 20.8 Å². The quantitative estimate of drug-likeness (QED) is 0.794. The van der Waals surface area contributed by atoms with Crippen molar-refractivity contribution in [2.45, 2.75) is 6.54 Å². The van der Waals surface area contributed by atoms with Crippen molar-refractivity contribution in [1.82, 2.24) is 20.2 Å². The molecule has 7 heteroatoms. The van der Waals surface area contributed by atoms with Gasteiger partial charge in [-0.1, -0.05) is 0 Å². The predicted molar refractivity (Wildman–Crippen MR) is 70.8 cm³/mol. The van der Waals surface area contributed by atoms with Gasteiger partial charge in [0.1, 0.15) is 12.1 Å². The van der Waals surface area contributed by atoms with E-state index in [1.54, 1.807) is 23.5 Å². The third kappa shape index (κ3) is 2.60. The monoisotopic (exact) mass is 275 g/mol. The molecule has 0 saturated heterocycles. The molecular formula is C12H10FN5S. The highest BCUT2D eigenvalue weighted by atomic mass is 32.1. The zero-order chi connectivity index (χ0) is 13.1. The number of thiophene rings is 1. The molecule has 0 atom stereocenters. The number of anilines is 1. The maximum Gasteiger partial charge on any atom is 0.146 e. The lowest BCUT2D eigenvalue weighted by Crippen LogP contribution is -2.03. The van der Waals surface area contributed by atoms with Crippen LogP contribution in [0.3, 0.4) is 0 Å². The summed E-state index contributed by atoms with van der Waals surface area (Å²) in [4.78, 5) is 0. The summed E-state index contributed by atoms with van der Waals surface area (Å²) in [6, 6.07) is 6.70. The molecular weight excluding hydrogens is 265 g/mol. The van der Waals surface area contributed by atoms with Crippen LogP contribution in [0, 0.1) is 5.82 Å². The first kappa shape index (κ1) is 11.8. The molecule has 2 heterocycles. The Labute approximate surface area is 112 Å². The number of aromatic nitrogens is 4. The van der Waals surface area contributed by atoms with E-state index < -0.39 is 0 Å². The summed E-state index contributed by atoms with van der Waals surface area (Å²) in [5.41, 5.74) is 2.26. The fraction of sp³-hybridized carbons (Fsp3) is 0.0833. The van der Waals surface area contributed by atoms with Crippen molar-refractivity contribution in [3.8, 4) is 5.69 Å². The molecule has 0 unspecified atom stereocenters. The summed E-state index contributed by atoms with van der Waals surface area (Å²) in [5, 5.41) is 18.0. The van der Waals surface area contributed by atoms with Crippen molar-refractivity contribution in [3.05, 3.63) is 52.7 Å². The maximum atomic E-state index is 13.7. The summed E-state index contributed by atoms with van der Waals surface area (Å²) >= 11 is 1.62. The molecule has 3 rings (SSSR count). The Bertz CT molecular complexity index is 651. The minimum Gasteiger partial charge on any atom is -0.379 e. The molecule has 0 bridgehead atoms. The molecule has 0 aliphatic carbocycles. The van der Waals surface area contributed by atoms with E-state index in [0.717, 1.165) is 5.56 Å². The zero-order valence-electron chi connectivity index (χ0n) is 9.82. The van der Waals surface area contributed by atoms with Crippen LogP contribution in [-0.4, -0.2) is 20.2 Å². The Morgan fingerprint density at radius 2 is 2.26 bits per heavy atom. The number of nitrogens with one attached hydrogen (secondary N) is 1. The minimum atomic E-state index is -0.299. The molecule has 0 spiro atoms. The standard InChI is InChI=1S/C12H10FN5S/c13-11-2-1-10(18-8-15-16-17-18)5-12(11)14-6-9-3-4-19-7-9/h1-5,7-8,14H,6H2. The molecule has 0 aliphatic heterocycles. The van der Waals surface area contributed by atoms with E-state index in [0.29, 0.717) is 17.9 Å². The Morgan fingerprint density at radius 1 is 1.32 bits per heavy atom. The topological polar surface area (TPSA) is 55.6 Å². The highest BCUT2D eigenvalue weighted by molar-refractivity contribution is 7.07. The van der Waals surface area contributed by atoms with Crippen LogP contribution in [-0.2, 0) is 6.54 Å². The summed E-state index contributed by atoms with van der Waals surface area (Å²) in [5.74, 6) is -0.299. The second kappa shape index (κ2) is 5.15. The molecule has 3 aromatic rings. The van der Waals surface area contributed by atoms with Crippen LogP contribution in [0.1, 0.15) is 5.56 Å². The van der Waals surface area contributed by atoms with Gasteiger partial charge in [0.05, 0.1) is 11.4 Å². The Morgan fingerprint density at radius 3 is 3.00 bits per heavy atom. The normalized spacial score (nSPS) is 10.6. The maximum absolute atomic E-state index is 13.7. The molecule has 0 radical (unpaired) electrons. The van der Waals surface area contributed by atoms with Gasteiger partial charge >= 0.3 is 0 Å². The molecule has 0 aliphatic rings. The highest BCUT2D eigenvalue weighted by Crippen LogP contribution is 2.19. The number of rotatable bonds is 4. The largest absolute Gasteiger partial charge is 0.379 e. The van der Waals surface area contributed by atoms with Crippen molar-refractivity contribution < 1.29 is 4.39 Å². The second-order valence-corrected chi connectivity index (χ2v) is 4.68. The summed E-state index contributed by atoms with van der Waals surface area (Å²) in [6.45, 7) is 0.583. The first-order valence-corrected chi connectivity index (χ1v) is 6.55. The molecule has 0 amide bonds. The third-order valence-electron chi connectivity index (χ3n) is 2.63. The van der Waals surface area contributed by atoms with E-state index in [9.17, 15) is 4.39 Å². The van der Waals surface area contributed by atoms with E-state index >= 15 is 0 Å². The van der Waals surface area contributed by atoms with Gasteiger partial charge in [-0.3, -0.25) is 0 Å². The lowest BCUT2D eigenvalue weighted by molar-refractivity contribution is 0.629. The summed E-state index contributed by atoms with van der Waals surface area (Å²) in [7, 11) is 0. The number of tetrazole rings is 1. The lowest BCUT2D eigenvalue weighted by Gasteiger charge is -2.08. The van der Waals surface area contributed by atoms with E-state index in [1.165, 1.54) is 17.1 Å². The van der Waals surface area contributed by atoms with Crippen molar-refractivity contribution in [3.63, 3.8) is 0 Å². The Hall–Kier alpha value is -2.28. The zero-order valence-corrected chi connectivity index (χ0v) is 10.6. The number of hydrogen-bond acceptors (Lipinski definition) is 5. The second-order valence-electron chi connectivity index (χ2n) is 3.90. The van der Waals surface area contributed by atoms with Gasteiger partial charge in [0, 0.05) is 6.54 Å². The SMILES string of the molecule is Fc1ccc(-n2cnnn2)cc1NCc1ccsc1. The number of benzene rings is 1. The minimum absolute atomic E-state index is 0.299. The fourth-order valence-electron chi connectivity index (χ4n) is 1.66. The lowest BCUT2D eigenvalue weighted by atomic mass is 10.2. The van der Waals surface area contributed by atoms with Crippen molar-refractivity contribution in [2.75, 3.05) is 5.32 Å². The summed E-state index contributed by atoms with van der Waals surface area (Å²) < 4.78 is 15.2. The predicted octanol–water partition coefficient (Wildman–Crippen LogP) is 2.48. The van der Waals surface area contributed by atoms with E-state index in [-0.39, 0.29) is 5.82 Å². The third-order valence-corrected chi connectivity index (χ3v) is 3.36. The van der Waals surface area contributed by atoms with Gasteiger partial charge in [-0.05, 0) is 51.0 Å². The number of halogens is 1. The first-order valence-electron chi connectivity index (χ1n) is 5.61. The van der Waals surface area contributed by atoms with Crippen molar-refractivity contribution in [1.29, 1.82) is 0 Å². The van der Waals surface area contributed by atoms with Crippen LogP contribution in [0.25, 0.3) is 5.69 Å². The number of nitrogens with zero attached hydrogens (tertiary/aromatic N) is 4. The van der Waals surface area contributed by atoms with Crippen LogP contribution < -0.4 is 5.32 Å². The van der Waals surface area contributed by atoms with Gasteiger partial charge in [-0.15, -0.1) is 5.10 Å². The first-order chi connectivity index (χ1) is 9.33. The molecule has 1 N–H and O–H groups in total. The molecule has 1 aromatic carbocycles. The van der Waals surface area contributed by atoms with Gasteiger partial charge in [-0.2, -0.15) is 11.3 Å². The van der Waals surface area contributed by atoms with Crippen LogP contribution >= 0.6 is 11.3 Å². The molecule has 0 saturated carbocycles. The smallest absolute Gasteiger partial charge is 0.146 e. The van der Waals surface area contributed by atoms with E-state index in [1.807, 2.05) is 16.8 Å². The number of hydrogen-bond donors (Lipinski definition) is 1. The molecule has 19 heavy (non-hydrogen) atoms. The van der Waals surface area contributed by atoms with Gasteiger partial charge in [0.25, 0.3) is 0 Å². The van der Waals surface area contributed by atoms with Crippen LogP contribution in [0.5, 0.6) is 0 Å². The summed E-state index contributed by atoms with van der Waals surface area (Å²) in [6.07, 6.45) is 1.47. The average molecular weight is 275 g/mol. The molecule has 0 fully saturated rings. The van der Waals surface area contributed by atoms with Crippen molar-refractivity contribution in [2.24, 2.45) is 0 Å². The molecule has 96 valence electrons. The molecule has 2 aromatic heterocycles. The van der Waals surface area contributed by atoms with Crippen LogP contribution in [0.15, 0.2) is 41.4 Å². The Kier molecular flexibility index (Phi) is 3.20. The molecule has 5 nitrogen and oxygen atoms in total. The highest BCUT2D eigenvalue weighted by Gasteiger charge is 2.06. The van der Waals surface area contributed by atoms with Gasteiger partial charge in [-0.25, -0.2) is 9.07 Å². The van der Waals surface area contributed by atoms with Crippen molar-refractivity contribution >= 4 is 17.0 Å². The van der Waals surface area contributed by atoms with Crippen LogP contribution in [0.2, 0.25) is 0 Å². The van der Waals surface area contributed by atoms with E-state index in [4.69, 9.17) is 0 Å². The Balaban J connectivity index is 1.82.